The molecule has 2 aliphatic carbocycles. The predicted octanol–water partition coefficient (Wildman–Crippen LogP) is 1.37. The highest BCUT2D eigenvalue weighted by atomic mass is 15.1. The monoisotopic (exact) mass is 194 g/mol. The third kappa shape index (κ3) is 1.59. The summed E-state index contributed by atoms with van der Waals surface area (Å²) in [6.45, 7) is 4.85. The Hall–Kier alpha value is -0.0800. The molecular formula is C12H22N2. The molecule has 2 N–H and O–H groups in total. The first-order valence-electron chi connectivity index (χ1n) is 6.31. The fraction of sp³-hybridized carbons (Fsp3) is 1.00. The number of nitrogens with one attached hydrogen (secondary N) is 2. The van der Waals surface area contributed by atoms with Gasteiger partial charge in [-0.05, 0) is 43.6 Å². The van der Waals surface area contributed by atoms with E-state index in [4.69, 9.17) is 0 Å². The van der Waals surface area contributed by atoms with Gasteiger partial charge < -0.3 is 10.6 Å². The Morgan fingerprint density at radius 2 is 2.21 bits per heavy atom. The Morgan fingerprint density at radius 1 is 1.36 bits per heavy atom. The van der Waals surface area contributed by atoms with Crippen molar-refractivity contribution in [3.05, 3.63) is 0 Å². The van der Waals surface area contributed by atoms with Crippen molar-refractivity contribution in [1.29, 1.82) is 0 Å². The van der Waals surface area contributed by atoms with Crippen molar-refractivity contribution in [1.82, 2.24) is 10.6 Å². The third-order valence-corrected chi connectivity index (χ3v) is 4.59. The van der Waals surface area contributed by atoms with Gasteiger partial charge in [0.2, 0.25) is 0 Å². The second-order valence-electron chi connectivity index (χ2n) is 5.60. The molecule has 80 valence electrons. The van der Waals surface area contributed by atoms with Crippen LogP contribution in [0.2, 0.25) is 0 Å². The van der Waals surface area contributed by atoms with Crippen LogP contribution in [0.1, 0.15) is 32.6 Å². The SMILES string of the molecule is CC1CC1NCC1NCC2CCCC21. The molecule has 0 radical (unpaired) electrons. The molecule has 3 rings (SSSR count). The Bertz CT molecular complexity index is 216. The Balaban J connectivity index is 1.48. The van der Waals surface area contributed by atoms with Gasteiger partial charge in [-0.1, -0.05) is 13.3 Å². The predicted molar refractivity (Wildman–Crippen MR) is 58.2 cm³/mol. The normalized spacial score (nSPS) is 50.8. The van der Waals surface area contributed by atoms with Gasteiger partial charge in [-0.15, -0.1) is 0 Å². The average molecular weight is 194 g/mol. The van der Waals surface area contributed by atoms with Gasteiger partial charge in [0.25, 0.3) is 0 Å². The van der Waals surface area contributed by atoms with E-state index in [0.717, 1.165) is 29.8 Å². The van der Waals surface area contributed by atoms with Gasteiger partial charge in [-0.2, -0.15) is 0 Å². The Morgan fingerprint density at radius 3 is 3.00 bits per heavy atom. The van der Waals surface area contributed by atoms with Crippen LogP contribution in [-0.4, -0.2) is 25.2 Å². The molecule has 0 amide bonds. The molecule has 0 aromatic carbocycles. The molecule has 1 saturated heterocycles. The smallest absolute Gasteiger partial charge is 0.0224 e. The molecule has 0 bridgehead atoms. The first-order valence-corrected chi connectivity index (χ1v) is 6.31. The lowest BCUT2D eigenvalue weighted by Crippen LogP contribution is -2.39. The summed E-state index contributed by atoms with van der Waals surface area (Å²) >= 11 is 0. The number of rotatable bonds is 3. The maximum absolute atomic E-state index is 3.70. The van der Waals surface area contributed by atoms with Gasteiger partial charge >= 0.3 is 0 Å². The highest BCUT2D eigenvalue weighted by molar-refractivity contribution is 4.97. The molecule has 2 saturated carbocycles. The Kier molecular flexibility index (Phi) is 2.29. The maximum atomic E-state index is 3.70. The summed E-state index contributed by atoms with van der Waals surface area (Å²) in [6, 6.07) is 1.63. The summed E-state index contributed by atoms with van der Waals surface area (Å²) in [7, 11) is 0. The van der Waals surface area contributed by atoms with Crippen LogP contribution in [0.5, 0.6) is 0 Å². The molecule has 0 spiro atoms. The fourth-order valence-electron chi connectivity index (χ4n) is 3.41. The quantitative estimate of drug-likeness (QED) is 0.709. The second-order valence-corrected chi connectivity index (χ2v) is 5.60. The van der Waals surface area contributed by atoms with E-state index in [1.54, 1.807) is 0 Å². The van der Waals surface area contributed by atoms with Crippen LogP contribution >= 0.6 is 0 Å². The molecule has 1 heterocycles. The summed E-state index contributed by atoms with van der Waals surface area (Å²) in [5.41, 5.74) is 0. The number of hydrogen-bond donors (Lipinski definition) is 2. The summed E-state index contributed by atoms with van der Waals surface area (Å²) < 4.78 is 0. The van der Waals surface area contributed by atoms with Crippen molar-refractivity contribution in [2.75, 3.05) is 13.1 Å². The zero-order chi connectivity index (χ0) is 9.54. The van der Waals surface area contributed by atoms with E-state index >= 15 is 0 Å². The highest BCUT2D eigenvalue weighted by Gasteiger charge is 2.40. The van der Waals surface area contributed by atoms with E-state index < -0.39 is 0 Å². The van der Waals surface area contributed by atoms with Crippen molar-refractivity contribution in [3.8, 4) is 0 Å². The molecule has 3 fully saturated rings. The first kappa shape index (κ1) is 9.17. The van der Waals surface area contributed by atoms with Crippen molar-refractivity contribution >= 4 is 0 Å². The van der Waals surface area contributed by atoms with E-state index in [-0.39, 0.29) is 0 Å². The summed E-state index contributed by atoms with van der Waals surface area (Å²) in [5, 5.41) is 7.39. The van der Waals surface area contributed by atoms with Gasteiger partial charge in [-0.25, -0.2) is 0 Å². The number of fused-ring (bicyclic) bond motifs is 1. The van der Waals surface area contributed by atoms with Crippen LogP contribution in [-0.2, 0) is 0 Å². The third-order valence-electron chi connectivity index (χ3n) is 4.59. The van der Waals surface area contributed by atoms with Crippen molar-refractivity contribution in [2.45, 2.75) is 44.7 Å². The molecule has 2 heteroatoms. The fourth-order valence-corrected chi connectivity index (χ4v) is 3.41. The largest absolute Gasteiger partial charge is 0.312 e. The minimum atomic E-state index is 0.787. The lowest BCUT2D eigenvalue weighted by atomic mass is 9.94. The molecule has 2 nitrogen and oxygen atoms in total. The molecular weight excluding hydrogens is 172 g/mol. The van der Waals surface area contributed by atoms with Crippen LogP contribution in [0.15, 0.2) is 0 Å². The lowest BCUT2D eigenvalue weighted by molar-refractivity contribution is 0.391. The molecule has 14 heavy (non-hydrogen) atoms. The van der Waals surface area contributed by atoms with E-state index in [1.807, 2.05) is 0 Å². The van der Waals surface area contributed by atoms with Gasteiger partial charge in [0.05, 0.1) is 0 Å². The number of hydrogen-bond acceptors (Lipinski definition) is 2. The van der Waals surface area contributed by atoms with Crippen LogP contribution in [0.3, 0.4) is 0 Å². The zero-order valence-corrected chi connectivity index (χ0v) is 9.13. The molecule has 1 aliphatic heterocycles. The van der Waals surface area contributed by atoms with Crippen molar-refractivity contribution < 1.29 is 0 Å². The topological polar surface area (TPSA) is 24.1 Å². The summed E-state index contributed by atoms with van der Waals surface area (Å²) in [6.07, 6.45) is 5.84. The summed E-state index contributed by atoms with van der Waals surface area (Å²) in [4.78, 5) is 0. The highest BCUT2D eigenvalue weighted by Crippen LogP contribution is 2.38. The van der Waals surface area contributed by atoms with Gasteiger partial charge in [0.1, 0.15) is 0 Å². The molecule has 5 unspecified atom stereocenters. The van der Waals surface area contributed by atoms with Crippen LogP contribution < -0.4 is 10.6 Å². The van der Waals surface area contributed by atoms with E-state index in [0.29, 0.717) is 0 Å². The molecule has 3 aliphatic rings. The lowest BCUT2D eigenvalue weighted by Gasteiger charge is -2.18. The minimum Gasteiger partial charge on any atom is -0.312 e. The minimum absolute atomic E-state index is 0.787. The van der Waals surface area contributed by atoms with E-state index in [2.05, 4.69) is 17.6 Å². The van der Waals surface area contributed by atoms with Crippen LogP contribution in [0.4, 0.5) is 0 Å². The standard InChI is InChI=1S/C12H22N2/c1-8-5-11(8)14-7-12-10-4-2-3-9(10)6-13-12/h8-14H,2-7H2,1H3. The molecule has 0 aromatic heterocycles. The van der Waals surface area contributed by atoms with Crippen molar-refractivity contribution in [2.24, 2.45) is 17.8 Å². The first-order chi connectivity index (χ1) is 6.84. The summed E-state index contributed by atoms with van der Waals surface area (Å²) in [5.74, 6) is 2.95. The second kappa shape index (κ2) is 3.49. The Labute approximate surface area is 86.8 Å². The van der Waals surface area contributed by atoms with Crippen LogP contribution in [0, 0.1) is 17.8 Å². The van der Waals surface area contributed by atoms with E-state index in [9.17, 15) is 0 Å². The van der Waals surface area contributed by atoms with Gasteiger partial charge in [0, 0.05) is 18.6 Å². The van der Waals surface area contributed by atoms with Crippen molar-refractivity contribution in [3.63, 3.8) is 0 Å². The molecule has 5 atom stereocenters. The van der Waals surface area contributed by atoms with E-state index in [1.165, 1.54) is 38.8 Å². The maximum Gasteiger partial charge on any atom is 0.0224 e. The van der Waals surface area contributed by atoms with Gasteiger partial charge in [0.15, 0.2) is 0 Å². The molecule has 0 aromatic rings. The van der Waals surface area contributed by atoms with Crippen LogP contribution in [0.25, 0.3) is 0 Å². The zero-order valence-electron chi connectivity index (χ0n) is 9.13. The average Bonchev–Trinajstić information content (AvgIpc) is 2.65. The van der Waals surface area contributed by atoms with Gasteiger partial charge in [-0.3, -0.25) is 0 Å².